The van der Waals surface area contributed by atoms with Gasteiger partial charge in [0.2, 0.25) is 5.91 Å². The highest BCUT2D eigenvalue weighted by atomic mass is 16.5. The summed E-state index contributed by atoms with van der Waals surface area (Å²) in [6.07, 6.45) is 1.95. The molecule has 182 valence electrons. The Kier molecular flexibility index (Phi) is 7.36. The number of nitrogens with zero attached hydrogens (tertiary/aromatic N) is 3. The summed E-state index contributed by atoms with van der Waals surface area (Å²) >= 11 is 0. The largest absolute Gasteiger partial charge is 0.492 e. The maximum atomic E-state index is 13.0. The molecule has 0 unspecified atom stereocenters. The zero-order valence-corrected chi connectivity index (χ0v) is 20.2. The molecule has 0 radical (unpaired) electrons. The second-order valence-electron chi connectivity index (χ2n) is 9.16. The van der Waals surface area contributed by atoms with Crippen molar-refractivity contribution in [3.63, 3.8) is 0 Å². The predicted octanol–water partition coefficient (Wildman–Crippen LogP) is 2.11. The Hall–Kier alpha value is -3.13. The number of hydrogen-bond donors (Lipinski definition) is 0. The van der Waals surface area contributed by atoms with Gasteiger partial charge in [0, 0.05) is 70.3 Å². The van der Waals surface area contributed by atoms with Crippen molar-refractivity contribution >= 4 is 11.9 Å². The minimum atomic E-state index is -0.512. The van der Waals surface area contributed by atoms with Crippen LogP contribution < -0.4 is 10.3 Å². The maximum Gasteiger partial charge on any atom is 0.343 e. The Balaban J connectivity index is 1.54. The van der Waals surface area contributed by atoms with Crippen LogP contribution in [0.3, 0.4) is 0 Å². The number of carbonyl (C=O) groups is 2. The van der Waals surface area contributed by atoms with E-state index in [9.17, 15) is 14.4 Å². The van der Waals surface area contributed by atoms with Crippen molar-refractivity contribution in [3.05, 3.63) is 63.1 Å². The summed E-state index contributed by atoms with van der Waals surface area (Å²) in [5.74, 6) is -0.164. The highest BCUT2D eigenvalue weighted by Crippen LogP contribution is 2.26. The first-order valence-electron chi connectivity index (χ1n) is 11.9. The SMILES string of the molecule is CCc1ccc(CN2CCc3c(C(=O)OC)c(OC[C@@H]4CC(=O)N(C)C4)cc(=O)n3CC2)cc1. The standard InChI is InChI=1S/C26H33N3O5/c1-4-18-5-7-19(8-6-18)16-28-10-9-21-25(26(32)33-3)22(14-24(31)29(21)12-11-28)34-17-20-13-23(30)27(2)15-20/h5-8,14,20H,4,9-13,15-17H2,1-3H3/t20-/m1/s1. The van der Waals surface area contributed by atoms with Gasteiger partial charge in [0.05, 0.1) is 13.7 Å². The van der Waals surface area contributed by atoms with E-state index >= 15 is 0 Å². The number of fused-ring (bicyclic) bond motifs is 1. The van der Waals surface area contributed by atoms with Crippen LogP contribution in [-0.4, -0.2) is 66.6 Å². The molecule has 2 aromatic rings. The molecule has 1 fully saturated rings. The van der Waals surface area contributed by atoms with Gasteiger partial charge in [-0.1, -0.05) is 31.2 Å². The number of likely N-dealkylation sites (tertiary alicyclic amines) is 1. The summed E-state index contributed by atoms with van der Waals surface area (Å²) in [7, 11) is 3.10. The molecule has 0 spiro atoms. The van der Waals surface area contributed by atoms with Crippen molar-refractivity contribution in [2.45, 2.75) is 39.3 Å². The molecule has 8 nitrogen and oxygen atoms in total. The number of carbonyl (C=O) groups excluding carboxylic acids is 2. The summed E-state index contributed by atoms with van der Waals surface area (Å²) in [6.45, 7) is 5.71. The first-order chi connectivity index (χ1) is 16.4. The van der Waals surface area contributed by atoms with Crippen LogP contribution in [0.15, 0.2) is 35.1 Å². The fourth-order valence-corrected chi connectivity index (χ4v) is 4.80. The molecule has 3 heterocycles. The van der Waals surface area contributed by atoms with E-state index in [-0.39, 0.29) is 29.7 Å². The monoisotopic (exact) mass is 467 g/mol. The Morgan fingerprint density at radius 3 is 2.47 bits per heavy atom. The summed E-state index contributed by atoms with van der Waals surface area (Å²) in [6, 6.07) is 10.00. The van der Waals surface area contributed by atoms with Gasteiger partial charge < -0.3 is 18.9 Å². The number of aromatic nitrogens is 1. The van der Waals surface area contributed by atoms with Crippen LogP contribution in [-0.2, 0) is 35.5 Å². The molecule has 1 atom stereocenters. The first kappa shape index (κ1) is 24.0. The summed E-state index contributed by atoms with van der Waals surface area (Å²) in [4.78, 5) is 41.6. The minimum Gasteiger partial charge on any atom is -0.492 e. The molecule has 0 bridgehead atoms. The Labute approximate surface area is 200 Å². The van der Waals surface area contributed by atoms with Crippen molar-refractivity contribution in [1.82, 2.24) is 14.4 Å². The molecule has 0 aliphatic carbocycles. The van der Waals surface area contributed by atoms with Gasteiger partial charge in [-0.25, -0.2) is 4.79 Å². The van der Waals surface area contributed by atoms with Crippen molar-refractivity contribution < 1.29 is 19.1 Å². The highest BCUT2D eigenvalue weighted by molar-refractivity contribution is 5.93. The molecule has 1 aromatic heterocycles. The number of ether oxygens (including phenoxy) is 2. The lowest BCUT2D eigenvalue weighted by Crippen LogP contribution is -2.29. The molecule has 34 heavy (non-hydrogen) atoms. The first-order valence-corrected chi connectivity index (χ1v) is 11.9. The number of pyridine rings is 1. The van der Waals surface area contributed by atoms with Crippen molar-refractivity contribution in [2.24, 2.45) is 5.92 Å². The summed E-state index contributed by atoms with van der Waals surface area (Å²) < 4.78 is 12.7. The molecular formula is C26H33N3O5. The lowest BCUT2D eigenvalue weighted by molar-refractivity contribution is -0.126. The predicted molar refractivity (Wildman–Crippen MR) is 128 cm³/mol. The van der Waals surface area contributed by atoms with Gasteiger partial charge in [0.25, 0.3) is 5.56 Å². The lowest BCUT2D eigenvalue weighted by Gasteiger charge is -2.19. The van der Waals surface area contributed by atoms with Crippen LogP contribution >= 0.6 is 0 Å². The van der Waals surface area contributed by atoms with Gasteiger partial charge in [0.1, 0.15) is 11.3 Å². The van der Waals surface area contributed by atoms with Crippen molar-refractivity contribution in [1.29, 1.82) is 0 Å². The third kappa shape index (κ3) is 5.17. The van der Waals surface area contributed by atoms with E-state index in [0.717, 1.165) is 13.0 Å². The van der Waals surface area contributed by atoms with Crippen LogP contribution in [0.1, 0.15) is 40.5 Å². The number of benzene rings is 1. The fourth-order valence-electron chi connectivity index (χ4n) is 4.80. The highest BCUT2D eigenvalue weighted by Gasteiger charge is 2.30. The average molecular weight is 468 g/mol. The normalized spacial score (nSPS) is 18.5. The van der Waals surface area contributed by atoms with Gasteiger partial charge in [-0.05, 0) is 17.5 Å². The van der Waals surface area contributed by atoms with E-state index in [1.54, 1.807) is 16.5 Å². The van der Waals surface area contributed by atoms with E-state index in [2.05, 4.69) is 36.1 Å². The summed E-state index contributed by atoms with van der Waals surface area (Å²) in [5, 5.41) is 0. The van der Waals surface area contributed by atoms with Gasteiger partial charge in [-0.3, -0.25) is 14.5 Å². The van der Waals surface area contributed by atoms with Crippen molar-refractivity contribution in [2.75, 3.05) is 40.4 Å². The molecule has 2 aliphatic heterocycles. The van der Waals surface area contributed by atoms with Crippen LogP contribution in [0.4, 0.5) is 0 Å². The number of aryl methyl sites for hydroxylation is 1. The van der Waals surface area contributed by atoms with E-state index in [0.29, 0.717) is 50.3 Å². The molecule has 2 aliphatic rings. The average Bonchev–Trinajstić information content (AvgIpc) is 3.02. The molecule has 1 amide bonds. The van der Waals surface area contributed by atoms with Crippen LogP contribution in [0, 0.1) is 5.92 Å². The van der Waals surface area contributed by atoms with Crippen LogP contribution in [0.5, 0.6) is 5.75 Å². The smallest absolute Gasteiger partial charge is 0.343 e. The quantitative estimate of drug-likeness (QED) is 0.581. The van der Waals surface area contributed by atoms with Gasteiger partial charge in [0.15, 0.2) is 0 Å². The van der Waals surface area contributed by atoms with Crippen LogP contribution in [0.25, 0.3) is 0 Å². The molecular weight excluding hydrogens is 434 g/mol. The molecule has 0 N–H and O–H groups in total. The van der Waals surface area contributed by atoms with E-state index in [4.69, 9.17) is 9.47 Å². The van der Waals surface area contributed by atoms with Gasteiger partial charge in [-0.2, -0.15) is 0 Å². The summed E-state index contributed by atoms with van der Waals surface area (Å²) in [5.41, 5.74) is 3.31. The molecule has 1 saturated heterocycles. The maximum absolute atomic E-state index is 13.0. The topological polar surface area (TPSA) is 81.1 Å². The number of amides is 1. The second-order valence-corrected chi connectivity index (χ2v) is 9.16. The minimum absolute atomic E-state index is 0.0270. The zero-order chi connectivity index (χ0) is 24.2. The Morgan fingerprint density at radius 1 is 1.09 bits per heavy atom. The number of rotatable bonds is 7. The second kappa shape index (κ2) is 10.4. The van der Waals surface area contributed by atoms with Gasteiger partial charge in [-0.15, -0.1) is 0 Å². The lowest BCUT2D eigenvalue weighted by atomic mass is 10.1. The fraction of sp³-hybridized carbons (Fsp3) is 0.500. The number of esters is 1. The van der Waals surface area contributed by atoms with E-state index in [1.165, 1.54) is 24.3 Å². The third-order valence-corrected chi connectivity index (χ3v) is 6.81. The molecule has 8 heteroatoms. The zero-order valence-electron chi connectivity index (χ0n) is 20.2. The Morgan fingerprint density at radius 2 is 1.82 bits per heavy atom. The third-order valence-electron chi connectivity index (χ3n) is 6.81. The van der Waals surface area contributed by atoms with E-state index < -0.39 is 5.97 Å². The van der Waals surface area contributed by atoms with E-state index in [1.807, 2.05) is 0 Å². The van der Waals surface area contributed by atoms with Crippen LogP contribution in [0.2, 0.25) is 0 Å². The Bertz CT molecular complexity index is 1110. The molecule has 0 saturated carbocycles. The number of methoxy groups -OCH3 is 1. The number of hydrogen-bond acceptors (Lipinski definition) is 6. The molecule has 4 rings (SSSR count). The van der Waals surface area contributed by atoms with Gasteiger partial charge >= 0.3 is 5.97 Å². The molecule has 1 aromatic carbocycles. The van der Waals surface area contributed by atoms with Crippen molar-refractivity contribution in [3.8, 4) is 5.75 Å².